The van der Waals surface area contributed by atoms with Crippen molar-refractivity contribution in [1.29, 1.82) is 0 Å². The normalized spacial score (nSPS) is 15.6. The molecule has 1 fully saturated rings. The molecule has 0 aliphatic carbocycles. The van der Waals surface area contributed by atoms with Crippen molar-refractivity contribution in [2.75, 3.05) is 33.4 Å². The third-order valence-corrected chi connectivity index (χ3v) is 4.71. The van der Waals surface area contributed by atoms with E-state index in [1.54, 1.807) is 26.2 Å². The highest BCUT2D eigenvalue weighted by molar-refractivity contribution is 5.80. The molecule has 1 aliphatic rings. The van der Waals surface area contributed by atoms with Gasteiger partial charge in [-0.3, -0.25) is 9.69 Å². The van der Waals surface area contributed by atoms with Crippen LogP contribution in [0.4, 0.5) is 0 Å². The van der Waals surface area contributed by atoms with E-state index in [0.717, 1.165) is 38.4 Å². The minimum Gasteiger partial charge on any atom is -0.493 e. The van der Waals surface area contributed by atoms with E-state index in [-0.39, 0.29) is 5.91 Å². The van der Waals surface area contributed by atoms with Crippen LogP contribution in [0.2, 0.25) is 0 Å². The zero-order valence-corrected chi connectivity index (χ0v) is 16.5. The molecule has 6 heteroatoms. The first kappa shape index (κ1) is 20.2. The van der Waals surface area contributed by atoms with Gasteiger partial charge >= 0.3 is 0 Å². The second-order valence-electron chi connectivity index (χ2n) is 6.84. The number of carbonyl (C=O) groups is 1. The molecule has 0 spiro atoms. The van der Waals surface area contributed by atoms with Crippen molar-refractivity contribution < 1.29 is 19.0 Å². The zero-order chi connectivity index (χ0) is 19.8. The van der Waals surface area contributed by atoms with Crippen LogP contribution in [0.1, 0.15) is 18.1 Å². The molecule has 1 saturated heterocycles. The third-order valence-electron chi connectivity index (χ3n) is 4.71. The molecule has 2 aromatic carbocycles. The van der Waals surface area contributed by atoms with E-state index in [9.17, 15) is 4.79 Å². The molecule has 2 aromatic rings. The van der Waals surface area contributed by atoms with Crippen LogP contribution < -0.4 is 14.8 Å². The number of para-hydroxylation sites is 2. The molecule has 1 atom stereocenters. The van der Waals surface area contributed by atoms with E-state index in [2.05, 4.69) is 22.3 Å². The van der Waals surface area contributed by atoms with Gasteiger partial charge in [-0.05, 0) is 30.2 Å². The highest BCUT2D eigenvalue weighted by Gasteiger charge is 2.16. The minimum absolute atomic E-state index is 0.163. The SMILES string of the molecule is COc1ccccc1O[C@H](C)C(=O)NCc1cccc(CN2CCOCC2)c1. The van der Waals surface area contributed by atoms with E-state index in [0.29, 0.717) is 18.0 Å². The van der Waals surface area contributed by atoms with Gasteiger partial charge in [-0.15, -0.1) is 0 Å². The van der Waals surface area contributed by atoms with E-state index < -0.39 is 6.10 Å². The van der Waals surface area contributed by atoms with Crippen molar-refractivity contribution >= 4 is 5.91 Å². The first-order valence-corrected chi connectivity index (χ1v) is 9.61. The summed E-state index contributed by atoms with van der Waals surface area (Å²) in [5.41, 5.74) is 2.32. The number of benzene rings is 2. The van der Waals surface area contributed by atoms with Crippen LogP contribution in [0.3, 0.4) is 0 Å². The molecule has 1 aliphatic heterocycles. The summed E-state index contributed by atoms with van der Waals surface area (Å²) in [4.78, 5) is 14.8. The maximum absolute atomic E-state index is 12.4. The Morgan fingerprint density at radius 2 is 1.82 bits per heavy atom. The Bertz CT molecular complexity index is 775. The summed E-state index contributed by atoms with van der Waals surface area (Å²) >= 11 is 0. The number of nitrogens with zero attached hydrogens (tertiary/aromatic N) is 1. The van der Waals surface area contributed by atoms with Gasteiger partial charge in [0.25, 0.3) is 5.91 Å². The number of ether oxygens (including phenoxy) is 3. The van der Waals surface area contributed by atoms with Gasteiger partial charge in [0.1, 0.15) is 0 Å². The molecule has 1 amide bonds. The highest BCUT2D eigenvalue weighted by atomic mass is 16.5. The molecule has 0 unspecified atom stereocenters. The molecule has 0 aromatic heterocycles. The third kappa shape index (κ3) is 5.71. The van der Waals surface area contributed by atoms with Crippen LogP contribution in [-0.2, 0) is 22.6 Å². The number of rotatable bonds is 8. The zero-order valence-electron chi connectivity index (χ0n) is 16.5. The van der Waals surface area contributed by atoms with E-state index in [1.807, 2.05) is 24.3 Å². The highest BCUT2D eigenvalue weighted by Crippen LogP contribution is 2.26. The number of carbonyl (C=O) groups excluding carboxylic acids is 1. The van der Waals surface area contributed by atoms with Crippen LogP contribution >= 0.6 is 0 Å². The van der Waals surface area contributed by atoms with Crippen LogP contribution in [0.25, 0.3) is 0 Å². The average Bonchev–Trinajstić information content (AvgIpc) is 2.73. The maximum atomic E-state index is 12.4. The summed E-state index contributed by atoms with van der Waals surface area (Å²) in [5, 5.41) is 2.95. The number of amides is 1. The molecule has 1 heterocycles. The Hall–Kier alpha value is -2.57. The van der Waals surface area contributed by atoms with Crippen LogP contribution in [0, 0.1) is 0 Å². The molecule has 28 heavy (non-hydrogen) atoms. The summed E-state index contributed by atoms with van der Waals surface area (Å²) in [6, 6.07) is 15.6. The Morgan fingerprint density at radius 1 is 1.11 bits per heavy atom. The summed E-state index contributed by atoms with van der Waals surface area (Å²) < 4.78 is 16.4. The number of morpholine rings is 1. The molecular formula is C22H28N2O4. The topological polar surface area (TPSA) is 60.0 Å². The van der Waals surface area contributed by atoms with Crippen LogP contribution in [-0.4, -0.2) is 50.3 Å². The summed E-state index contributed by atoms with van der Waals surface area (Å²) in [6.45, 7) is 6.60. The van der Waals surface area contributed by atoms with Gasteiger partial charge in [0.2, 0.25) is 0 Å². The quantitative estimate of drug-likeness (QED) is 0.758. The van der Waals surface area contributed by atoms with Gasteiger partial charge in [-0.25, -0.2) is 0 Å². The molecular weight excluding hydrogens is 356 g/mol. The monoisotopic (exact) mass is 384 g/mol. The molecule has 150 valence electrons. The van der Waals surface area contributed by atoms with E-state index in [1.165, 1.54) is 5.56 Å². The predicted molar refractivity (Wildman–Crippen MR) is 107 cm³/mol. The number of nitrogens with one attached hydrogen (secondary N) is 1. The lowest BCUT2D eigenvalue weighted by Gasteiger charge is -2.26. The fraction of sp³-hybridized carbons (Fsp3) is 0.409. The molecule has 0 radical (unpaired) electrons. The Labute approximate surface area is 166 Å². The van der Waals surface area contributed by atoms with Gasteiger partial charge in [-0.1, -0.05) is 36.4 Å². The van der Waals surface area contributed by atoms with Crippen molar-refractivity contribution in [2.45, 2.75) is 26.1 Å². The van der Waals surface area contributed by atoms with Crippen molar-refractivity contribution in [3.05, 3.63) is 59.7 Å². The Balaban J connectivity index is 1.51. The molecule has 1 N–H and O–H groups in total. The van der Waals surface area contributed by atoms with Gasteiger partial charge in [-0.2, -0.15) is 0 Å². The number of methoxy groups -OCH3 is 1. The Kier molecular flexibility index (Phi) is 7.28. The smallest absolute Gasteiger partial charge is 0.261 e. The fourth-order valence-electron chi connectivity index (χ4n) is 3.15. The molecule has 0 bridgehead atoms. The standard InChI is InChI=1S/C22H28N2O4/c1-17(28-21-9-4-3-8-20(21)26-2)22(25)23-15-18-6-5-7-19(14-18)16-24-10-12-27-13-11-24/h3-9,14,17H,10-13,15-16H2,1-2H3,(H,23,25)/t17-/m1/s1. The number of hydrogen-bond donors (Lipinski definition) is 1. The minimum atomic E-state index is -0.618. The number of hydrogen-bond acceptors (Lipinski definition) is 5. The largest absolute Gasteiger partial charge is 0.493 e. The second-order valence-corrected chi connectivity index (χ2v) is 6.84. The first-order chi connectivity index (χ1) is 13.7. The summed E-state index contributed by atoms with van der Waals surface area (Å²) in [5.74, 6) is 1.00. The maximum Gasteiger partial charge on any atom is 0.261 e. The first-order valence-electron chi connectivity index (χ1n) is 9.61. The van der Waals surface area contributed by atoms with Crippen molar-refractivity contribution in [3.63, 3.8) is 0 Å². The second kappa shape index (κ2) is 10.1. The predicted octanol–water partition coefficient (Wildman–Crippen LogP) is 2.61. The van der Waals surface area contributed by atoms with Crippen molar-refractivity contribution in [3.8, 4) is 11.5 Å². The molecule has 6 nitrogen and oxygen atoms in total. The molecule has 0 saturated carbocycles. The van der Waals surface area contributed by atoms with E-state index in [4.69, 9.17) is 14.2 Å². The van der Waals surface area contributed by atoms with E-state index >= 15 is 0 Å². The lowest BCUT2D eigenvalue weighted by molar-refractivity contribution is -0.127. The molecule has 3 rings (SSSR count). The van der Waals surface area contributed by atoms with Gasteiger partial charge in [0.15, 0.2) is 17.6 Å². The van der Waals surface area contributed by atoms with Crippen LogP contribution in [0.15, 0.2) is 48.5 Å². The average molecular weight is 384 g/mol. The van der Waals surface area contributed by atoms with Gasteiger partial charge in [0, 0.05) is 26.2 Å². The van der Waals surface area contributed by atoms with Crippen molar-refractivity contribution in [2.24, 2.45) is 0 Å². The lowest BCUT2D eigenvalue weighted by atomic mass is 10.1. The Morgan fingerprint density at radius 3 is 2.57 bits per heavy atom. The van der Waals surface area contributed by atoms with Gasteiger partial charge < -0.3 is 19.5 Å². The van der Waals surface area contributed by atoms with Gasteiger partial charge in [0.05, 0.1) is 20.3 Å². The lowest BCUT2D eigenvalue weighted by Crippen LogP contribution is -2.36. The fourth-order valence-corrected chi connectivity index (χ4v) is 3.15. The van der Waals surface area contributed by atoms with Crippen molar-refractivity contribution in [1.82, 2.24) is 10.2 Å². The summed E-state index contributed by atoms with van der Waals surface area (Å²) in [6.07, 6.45) is -0.618. The van der Waals surface area contributed by atoms with Crippen LogP contribution in [0.5, 0.6) is 11.5 Å². The summed E-state index contributed by atoms with van der Waals surface area (Å²) in [7, 11) is 1.58.